The van der Waals surface area contributed by atoms with Crippen molar-refractivity contribution in [2.45, 2.75) is 44.2 Å². The second-order valence-corrected chi connectivity index (χ2v) is 8.24. The number of aromatic amines is 1. The van der Waals surface area contributed by atoms with Gasteiger partial charge in [-0.05, 0) is 43.2 Å². The predicted octanol–water partition coefficient (Wildman–Crippen LogP) is 3.79. The SMILES string of the molecule is CCCCOc1ccc(-n2c(SCCCC(=O)NCCC#N)nc3[nH]ccc3c2=O)cc1. The lowest BCUT2D eigenvalue weighted by molar-refractivity contribution is -0.121. The van der Waals surface area contributed by atoms with Crippen LogP contribution in [0.25, 0.3) is 16.7 Å². The Morgan fingerprint density at radius 1 is 1.28 bits per heavy atom. The molecular weight excluding hydrogens is 426 g/mol. The number of rotatable bonds is 12. The Bertz CT molecular complexity index is 1130. The van der Waals surface area contributed by atoms with Gasteiger partial charge in [-0.1, -0.05) is 25.1 Å². The van der Waals surface area contributed by atoms with E-state index in [4.69, 9.17) is 10.00 Å². The summed E-state index contributed by atoms with van der Waals surface area (Å²) in [6, 6.07) is 11.2. The lowest BCUT2D eigenvalue weighted by Crippen LogP contribution is -2.24. The van der Waals surface area contributed by atoms with Crippen molar-refractivity contribution in [2.75, 3.05) is 18.9 Å². The number of benzene rings is 1. The molecule has 2 N–H and O–H groups in total. The molecule has 3 rings (SSSR count). The molecule has 0 saturated carbocycles. The Balaban J connectivity index is 1.73. The number of fused-ring (bicyclic) bond motifs is 1. The Morgan fingerprint density at radius 2 is 2.09 bits per heavy atom. The number of thioether (sulfide) groups is 1. The smallest absolute Gasteiger partial charge is 0.268 e. The van der Waals surface area contributed by atoms with Gasteiger partial charge in [0.1, 0.15) is 11.4 Å². The Morgan fingerprint density at radius 3 is 2.84 bits per heavy atom. The Labute approximate surface area is 191 Å². The van der Waals surface area contributed by atoms with Gasteiger partial charge in [0.25, 0.3) is 5.56 Å². The molecule has 0 atom stereocenters. The average Bonchev–Trinajstić information content (AvgIpc) is 3.27. The summed E-state index contributed by atoms with van der Waals surface area (Å²) in [5.74, 6) is 1.31. The molecule has 168 valence electrons. The van der Waals surface area contributed by atoms with Gasteiger partial charge in [-0.15, -0.1) is 0 Å². The highest BCUT2D eigenvalue weighted by atomic mass is 32.2. The number of hydrogen-bond acceptors (Lipinski definition) is 6. The number of ether oxygens (including phenoxy) is 1. The molecule has 1 aromatic carbocycles. The van der Waals surface area contributed by atoms with E-state index in [0.29, 0.717) is 60.0 Å². The first-order valence-electron chi connectivity index (χ1n) is 10.7. The Hall–Kier alpha value is -3.25. The number of nitrogens with one attached hydrogen (secondary N) is 2. The van der Waals surface area contributed by atoms with Crippen LogP contribution in [-0.2, 0) is 4.79 Å². The van der Waals surface area contributed by atoms with Gasteiger partial charge in [-0.3, -0.25) is 14.2 Å². The second kappa shape index (κ2) is 12.0. The zero-order valence-electron chi connectivity index (χ0n) is 18.1. The lowest BCUT2D eigenvalue weighted by Gasteiger charge is -2.13. The maximum absolute atomic E-state index is 13.2. The molecule has 0 spiro atoms. The molecule has 2 aromatic heterocycles. The number of hydrogen-bond donors (Lipinski definition) is 2. The van der Waals surface area contributed by atoms with E-state index >= 15 is 0 Å². The first kappa shape index (κ1) is 23.4. The molecular formula is C23H27N5O3S. The van der Waals surface area contributed by atoms with Crippen molar-refractivity contribution in [3.8, 4) is 17.5 Å². The van der Waals surface area contributed by atoms with Gasteiger partial charge in [0.15, 0.2) is 5.16 Å². The van der Waals surface area contributed by atoms with Crippen molar-refractivity contribution in [3.63, 3.8) is 0 Å². The highest BCUT2D eigenvalue weighted by Gasteiger charge is 2.14. The minimum atomic E-state index is -0.146. The van der Waals surface area contributed by atoms with Crippen LogP contribution in [0.5, 0.6) is 5.75 Å². The first-order valence-corrected chi connectivity index (χ1v) is 11.7. The van der Waals surface area contributed by atoms with Gasteiger partial charge in [0, 0.05) is 24.9 Å². The van der Waals surface area contributed by atoms with Crippen molar-refractivity contribution in [3.05, 3.63) is 46.9 Å². The number of carbonyl (C=O) groups excluding carboxylic acids is 1. The van der Waals surface area contributed by atoms with E-state index in [1.165, 1.54) is 11.8 Å². The third kappa shape index (κ3) is 6.14. The Kier molecular flexibility index (Phi) is 8.75. The number of aromatic nitrogens is 3. The quantitative estimate of drug-likeness (QED) is 0.245. The molecule has 0 fully saturated rings. The fourth-order valence-corrected chi connectivity index (χ4v) is 4.02. The molecule has 1 amide bonds. The topological polar surface area (TPSA) is 113 Å². The van der Waals surface area contributed by atoms with Gasteiger partial charge in [-0.2, -0.15) is 5.26 Å². The van der Waals surface area contributed by atoms with E-state index in [2.05, 4.69) is 22.2 Å². The summed E-state index contributed by atoms with van der Waals surface area (Å²) in [4.78, 5) is 32.6. The van der Waals surface area contributed by atoms with E-state index in [1.807, 2.05) is 30.3 Å². The van der Waals surface area contributed by atoms with Crippen LogP contribution in [0.15, 0.2) is 46.5 Å². The average molecular weight is 454 g/mol. The van der Waals surface area contributed by atoms with Crippen LogP contribution < -0.4 is 15.6 Å². The fraction of sp³-hybridized carbons (Fsp3) is 0.391. The van der Waals surface area contributed by atoms with Gasteiger partial charge < -0.3 is 15.0 Å². The van der Waals surface area contributed by atoms with Gasteiger partial charge in [0.2, 0.25) is 5.91 Å². The van der Waals surface area contributed by atoms with E-state index in [1.54, 1.807) is 16.8 Å². The van der Waals surface area contributed by atoms with Crippen LogP contribution >= 0.6 is 11.8 Å². The molecule has 8 nitrogen and oxygen atoms in total. The minimum absolute atomic E-state index is 0.0790. The van der Waals surface area contributed by atoms with Crippen LogP contribution in [0.4, 0.5) is 0 Å². The second-order valence-electron chi connectivity index (χ2n) is 7.18. The molecule has 0 aliphatic rings. The molecule has 0 aliphatic carbocycles. The van der Waals surface area contributed by atoms with Gasteiger partial charge >= 0.3 is 0 Å². The number of unbranched alkanes of at least 4 members (excludes halogenated alkanes) is 1. The van der Waals surface area contributed by atoms with Crippen molar-refractivity contribution < 1.29 is 9.53 Å². The summed E-state index contributed by atoms with van der Waals surface area (Å²) in [6.45, 7) is 3.15. The monoisotopic (exact) mass is 453 g/mol. The number of H-pyrrole nitrogens is 1. The molecule has 32 heavy (non-hydrogen) atoms. The number of carbonyl (C=O) groups is 1. The van der Waals surface area contributed by atoms with Crippen molar-refractivity contribution in [1.29, 1.82) is 5.26 Å². The zero-order chi connectivity index (χ0) is 22.8. The van der Waals surface area contributed by atoms with Crippen molar-refractivity contribution in [1.82, 2.24) is 19.9 Å². The maximum atomic E-state index is 13.2. The number of nitriles is 1. The van der Waals surface area contributed by atoms with Crippen LogP contribution in [-0.4, -0.2) is 39.3 Å². The minimum Gasteiger partial charge on any atom is -0.494 e. The standard InChI is InChI=1S/C23H27N5O3S/c1-2-3-15-31-18-9-7-17(8-10-18)28-22(30)19-11-14-26-21(19)27-23(28)32-16-4-6-20(29)25-13-5-12-24/h7-11,14,26H,2-6,13,15-16H2,1H3,(H,25,29). The maximum Gasteiger partial charge on any atom is 0.268 e. The zero-order valence-corrected chi connectivity index (χ0v) is 18.9. The third-order valence-electron chi connectivity index (χ3n) is 4.76. The van der Waals surface area contributed by atoms with Crippen LogP contribution in [0.2, 0.25) is 0 Å². The molecule has 0 radical (unpaired) electrons. The summed E-state index contributed by atoms with van der Waals surface area (Å²) in [5.41, 5.74) is 1.11. The van der Waals surface area contributed by atoms with Crippen molar-refractivity contribution >= 4 is 28.7 Å². The summed E-state index contributed by atoms with van der Waals surface area (Å²) < 4.78 is 7.32. The molecule has 2 heterocycles. The summed E-state index contributed by atoms with van der Waals surface area (Å²) in [5, 5.41) is 12.3. The molecule has 3 aromatic rings. The van der Waals surface area contributed by atoms with Crippen LogP contribution in [0.3, 0.4) is 0 Å². The number of nitrogens with zero attached hydrogens (tertiary/aromatic N) is 3. The van der Waals surface area contributed by atoms with E-state index in [9.17, 15) is 9.59 Å². The number of amides is 1. The largest absolute Gasteiger partial charge is 0.494 e. The molecule has 9 heteroatoms. The predicted molar refractivity (Wildman–Crippen MR) is 125 cm³/mol. The van der Waals surface area contributed by atoms with Gasteiger partial charge in [-0.25, -0.2) is 4.98 Å². The van der Waals surface area contributed by atoms with E-state index in [0.717, 1.165) is 18.6 Å². The normalized spacial score (nSPS) is 10.8. The van der Waals surface area contributed by atoms with E-state index < -0.39 is 0 Å². The van der Waals surface area contributed by atoms with E-state index in [-0.39, 0.29) is 11.5 Å². The first-order chi connectivity index (χ1) is 15.6. The lowest BCUT2D eigenvalue weighted by atomic mass is 10.3. The van der Waals surface area contributed by atoms with Gasteiger partial charge in [0.05, 0.1) is 30.2 Å². The molecule has 0 aliphatic heterocycles. The highest BCUT2D eigenvalue weighted by Crippen LogP contribution is 2.23. The molecule has 0 bridgehead atoms. The molecule has 0 unspecified atom stereocenters. The summed E-state index contributed by atoms with van der Waals surface area (Å²) in [6.07, 6.45) is 5.05. The van der Waals surface area contributed by atoms with Crippen LogP contribution in [0, 0.1) is 11.3 Å². The summed E-state index contributed by atoms with van der Waals surface area (Å²) >= 11 is 1.43. The third-order valence-corrected chi connectivity index (χ3v) is 5.78. The highest BCUT2D eigenvalue weighted by molar-refractivity contribution is 7.99. The summed E-state index contributed by atoms with van der Waals surface area (Å²) in [7, 11) is 0. The fourth-order valence-electron chi connectivity index (χ4n) is 3.07. The van der Waals surface area contributed by atoms with Crippen LogP contribution in [0.1, 0.15) is 39.0 Å². The molecule has 0 saturated heterocycles. The van der Waals surface area contributed by atoms with Crippen molar-refractivity contribution in [2.24, 2.45) is 0 Å².